The third-order valence-electron chi connectivity index (χ3n) is 12.1. The smallest absolute Gasteiger partial charge is 0.277 e. The van der Waals surface area contributed by atoms with Gasteiger partial charge in [0.15, 0.2) is 11.0 Å². The third kappa shape index (κ3) is 6.18. The minimum Gasteiger partial charge on any atom is -0.277 e. The molecule has 2 unspecified atom stereocenters. The molecule has 0 N–H and O–H groups in total. The maximum Gasteiger partial charge on any atom is 0.296 e. The van der Waals surface area contributed by atoms with Crippen molar-refractivity contribution in [2.45, 2.75) is 64.3 Å². The second-order valence-corrected chi connectivity index (χ2v) is 17.2. The van der Waals surface area contributed by atoms with Crippen LogP contribution in [0, 0.1) is 0 Å². The Morgan fingerprint density at radius 1 is 0.754 bits per heavy atom. The van der Waals surface area contributed by atoms with Gasteiger partial charge in [0.05, 0.1) is 29.1 Å². The first-order valence-electron chi connectivity index (χ1n) is 20.4. The molecule has 1 aliphatic rings. The van der Waals surface area contributed by atoms with Crippen LogP contribution in [-0.4, -0.2) is 16.3 Å². The number of rotatable bonds is 10. The van der Waals surface area contributed by atoms with Crippen molar-refractivity contribution >= 4 is 48.3 Å². The summed E-state index contributed by atoms with van der Waals surface area (Å²) >= 11 is 1.92. The lowest BCUT2D eigenvalue weighted by atomic mass is 9.80. The van der Waals surface area contributed by atoms with Crippen LogP contribution in [0.3, 0.4) is 0 Å². The molecule has 0 saturated carbocycles. The van der Waals surface area contributed by atoms with Crippen molar-refractivity contribution in [3.8, 4) is 28.2 Å². The van der Waals surface area contributed by atoms with Gasteiger partial charge in [-0.3, -0.25) is 4.99 Å². The second-order valence-electron chi connectivity index (χ2n) is 16.1. The Labute approximate surface area is 341 Å². The lowest BCUT2D eigenvalue weighted by molar-refractivity contribution is -0.633. The van der Waals surface area contributed by atoms with Crippen molar-refractivity contribution in [2.24, 2.45) is 12.0 Å². The lowest BCUT2D eigenvalue weighted by Gasteiger charge is -2.30. The molecular weight excluding hydrogens is 711 g/mol. The molecule has 57 heavy (non-hydrogen) atoms. The predicted molar refractivity (Wildman–Crippen MR) is 245 cm³/mol. The summed E-state index contributed by atoms with van der Waals surface area (Å²) in [4.78, 5) is 5.17. The zero-order valence-corrected chi connectivity index (χ0v) is 34.5. The largest absolute Gasteiger partial charge is 0.296 e. The zero-order valence-electron chi connectivity index (χ0n) is 33.7. The van der Waals surface area contributed by atoms with E-state index in [0.717, 1.165) is 18.6 Å². The maximum atomic E-state index is 5.17. The molecule has 2 aromatic heterocycles. The van der Waals surface area contributed by atoms with Crippen LogP contribution in [0.25, 0.3) is 59.4 Å². The fourth-order valence-corrected chi connectivity index (χ4v) is 10.6. The van der Waals surface area contributed by atoms with Crippen LogP contribution in [-0.2, 0) is 13.5 Å². The summed E-state index contributed by atoms with van der Waals surface area (Å²) in [5.74, 6) is 2.01. The zero-order chi connectivity index (χ0) is 39.4. The number of hydrogen-bond acceptors (Lipinski definition) is 2. The van der Waals surface area contributed by atoms with E-state index in [1.54, 1.807) is 0 Å². The Morgan fingerprint density at radius 3 is 2.18 bits per heavy atom. The number of aromatic nitrogens is 2. The van der Waals surface area contributed by atoms with Gasteiger partial charge in [-0.1, -0.05) is 137 Å². The molecule has 0 amide bonds. The van der Waals surface area contributed by atoms with Crippen LogP contribution >= 0.6 is 11.3 Å². The molecule has 1 aliphatic heterocycles. The average Bonchev–Trinajstić information content (AvgIpc) is 3.76. The number of imidazole rings is 1. The first-order chi connectivity index (χ1) is 27.8. The molecule has 0 fully saturated rings. The summed E-state index contributed by atoms with van der Waals surface area (Å²) in [7, 11) is 2.27. The van der Waals surface area contributed by atoms with E-state index in [-0.39, 0.29) is 12.0 Å². The summed E-state index contributed by atoms with van der Waals surface area (Å²) in [5.41, 5.74) is 15.1. The number of thiophene rings is 1. The highest BCUT2D eigenvalue weighted by atomic mass is 32.1. The van der Waals surface area contributed by atoms with E-state index in [1.807, 2.05) is 23.5 Å². The van der Waals surface area contributed by atoms with Gasteiger partial charge in [-0.25, -0.2) is 4.57 Å². The number of aryl methyl sites for hydroxylation is 2. The molecular formula is C53H50N3S+. The van der Waals surface area contributed by atoms with Crippen molar-refractivity contribution < 1.29 is 4.57 Å². The Kier molecular flexibility index (Phi) is 9.62. The van der Waals surface area contributed by atoms with Gasteiger partial charge >= 0.3 is 0 Å². The van der Waals surface area contributed by atoms with Gasteiger partial charge in [-0.05, 0) is 83.3 Å². The molecule has 3 nitrogen and oxygen atoms in total. The van der Waals surface area contributed by atoms with Crippen molar-refractivity contribution in [3.05, 3.63) is 181 Å². The Bertz CT molecular complexity index is 2840. The SMILES string of the molecule is C=CC1=NC(C=C)C(CCc2ccc3c(sc4ccccc43)c2-c2n(-c3c(C(C)C)cc(-c4ccccc4)cc3C(C)C)c3ccccc3[n+]2C)c2ccccc21. The van der Waals surface area contributed by atoms with Crippen molar-refractivity contribution in [1.82, 2.24) is 4.57 Å². The molecule has 0 spiro atoms. The normalized spacial score (nSPS) is 15.5. The van der Waals surface area contributed by atoms with E-state index in [4.69, 9.17) is 4.99 Å². The number of nitrogens with zero attached hydrogens (tertiary/aromatic N) is 3. The maximum absolute atomic E-state index is 5.17. The Hall–Kier alpha value is -5.84. The predicted octanol–water partition coefficient (Wildman–Crippen LogP) is 13.7. The Morgan fingerprint density at radius 2 is 1.44 bits per heavy atom. The molecule has 0 bridgehead atoms. The number of para-hydroxylation sites is 2. The van der Waals surface area contributed by atoms with Gasteiger partial charge in [-0.15, -0.1) is 17.9 Å². The Balaban J connectivity index is 1.33. The molecule has 282 valence electrons. The van der Waals surface area contributed by atoms with Crippen LogP contribution in [0.2, 0.25) is 0 Å². The van der Waals surface area contributed by atoms with Gasteiger partial charge in [0.25, 0.3) is 5.82 Å². The van der Waals surface area contributed by atoms with E-state index >= 15 is 0 Å². The van der Waals surface area contributed by atoms with Crippen molar-refractivity contribution in [3.63, 3.8) is 0 Å². The molecule has 0 saturated heterocycles. The summed E-state index contributed by atoms with van der Waals surface area (Å²) < 4.78 is 7.73. The van der Waals surface area contributed by atoms with E-state index in [0.29, 0.717) is 11.8 Å². The van der Waals surface area contributed by atoms with E-state index < -0.39 is 0 Å². The number of allylic oxidation sites excluding steroid dienone is 1. The minimum atomic E-state index is -0.0164. The number of benzene rings is 6. The minimum absolute atomic E-state index is 0.0164. The molecule has 0 aliphatic carbocycles. The summed E-state index contributed by atoms with van der Waals surface area (Å²) in [5, 5.41) is 2.62. The van der Waals surface area contributed by atoms with E-state index in [1.165, 1.54) is 87.2 Å². The van der Waals surface area contributed by atoms with E-state index in [9.17, 15) is 0 Å². The summed E-state index contributed by atoms with van der Waals surface area (Å²) in [6.07, 6.45) is 5.75. The fraction of sp³-hybridized carbons (Fsp3) is 0.208. The van der Waals surface area contributed by atoms with Gasteiger partial charge in [0.2, 0.25) is 0 Å². The van der Waals surface area contributed by atoms with Crippen LogP contribution in [0.4, 0.5) is 0 Å². The molecule has 3 heterocycles. The molecule has 2 atom stereocenters. The topological polar surface area (TPSA) is 21.2 Å². The highest BCUT2D eigenvalue weighted by Crippen LogP contribution is 2.46. The van der Waals surface area contributed by atoms with Crippen LogP contribution in [0.1, 0.15) is 79.7 Å². The van der Waals surface area contributed by atoms with Crippen molar-refractivity contribution in [1.29, 1.82) is 0 Å². The number of fused-ring (bicyclic) bond motifs is 5. The van der Waals surface area contributed by atoms with Crippen LogP contribution < -0.4 is 4.57 Å². The van der Waals surface area contributed by atoms with E-state index in [2.05, 4.69) is 184 Å². The molecule has 8 aromatic rings. The molecule has 0 radical (unpaired) electrons. The van der Waals surface area contributed by atoms with Gasteiger partial charge < -0.3 is 0 Å². The molecule has 4 heteroatoms. The lowest BCUT2D eigenvalue weighted by Crippen LogP contribution is -2.31. The highest BCUT2D eigenvalue weighted by molar-refractivity contribution is 7.26. The average molecular weight is 761 g/mol. The first-order valence-corrected chi connectivity index (χ1v) is 21.2. The highest BCUT2D eigenvalue weighted by Gasteiger charge is 2.35. The van der Waals surface area contributed by atoms with Gasteiger partial charge in [0.1, 0.15) is 5.69 Å². The monoisotopic (exact) mass is 760 g/mol. The van der Waals surface area contributed by atoms with Gasteiger partial charge in [0, 0.05) is 38.1 Å². The quantitative estimate of drug-likeness (QED) is 0.0978. The summed E-state index contributed by atoms with van der Waals surface area (Å²) in [6, 6.07) is 47.2. The standard InChI is InChI=1S/C53H50N3S/c1-8-45-39-22-14-13-21-38(39)40(46(9-2)54-45)29-27-36-28-30-42-41-23-15-18-26-49(41)57-52(42)50(36)53-55(7)47-24-16-17-25-48(47)56(53)51-43(33(3)4)31-37(32-44(51)34(5)6)35-19-11-10-12-20-35/h8-26,28,30-34,40,46H,1-2,27,29H2,3-7H3/q+1. The van der Waals surface area contributed by atoms with Gasteiger partial charge in [-0.2, -0.15) is 4.57 Å². The number of hydrogen-bond donors (Lipinski definition) is 0. The first kappa shape index (κ1) is 36.8. The third-order valence-corrected chi connectivity index (χ3v) is 13.3. The molecule has 6 aromatic carbocycles. The van der Waals surface area contributed by atoms with Crippen LogP contribution in [0.15, 0.2) is 158 Å². The number of aliphatic imine (C=N–C) groups is 1. The van der Waals surface area contributed by atoms with Crippen LogP contribution in [0.5, 0.6) is 0 Å². The second kappa shape index (κ2) is 14.9. The van der Waals surface area contributed by atoms with Crippen molar-refractivity contribution in [2.75, 3.05) is 0 Å². The molecule has 9 rings (SSSR count). The fourth-order valence-electron chi connectivity index (χ4n) is 9.29. The summed E-state index contributed by atoms with van der Waals surface area (Å²) in [6.45, 7) is 17.8.